The van der Waals surface area contributed by atoms with E-state index in [0.717, 1.165) is 11.8 Å². The molecule has 1 aromatic carbocycles. The van der Waals surface area contributed by atoms with Gasteiger partial charge in [-0.05, 0) is 18.6 Å². The maximum absolute atomic E-state index is 12.8. The predicted molar refractivity (Wildman–Crippen MR) is 88.6 cm³/mol. The third-order valence-electron chi connectivity index (χ3n) is 4.24. The Kier molecular flexibility index (Phi) is 4.66. The number of methoxy groups -OCH3 is 2. The molecule has 3 rings (SSSR count). The lowest BCUT2D eigenvalue weighted by Gasteiger charge is -2.22. The Balaban J connectivity index is 1.75. The van der Waals surface area contributed by atoms with Crippen molar-refractivity contribution in [1.82, 2.24) is 9.80 Å². The molecular weight excluding hydrogens is 332 g/mol. The molecule has 0 aliphatic carbocycles. The molecular formula is C16H18N2O5S. The van der Waals surface area contributed by atoms with Crippen LogP contribution in [0.1, 0.15) is 16.8 Å². The van der Waals surface area contributed by atoms with Crippen LogP contribution in [0, 0.1) is 0 Å². The van der Waals surface area contributed by atoms with Gasteiger partial charge in [0.15, 0.2) is 0 Å². The van der Waals surface area contributed by atoms with Gasteiger partial charge >= 0.3 is 0 Å². The molecule has 2 saturated heterocycles. The lowest BCUT2D eigenvalue weighted by atomic mass is 10.1. The van der Waals surface area contributed by atoms with E-state index in [1.165, 1.54) is 12.0 Å². The summed E-state index contributed by atoms with van der Waals surface area (Å²) in [5, 5.41) is -0.221. The molecule has 24 heavy (non-hydrogen) atoms. The third kappa shape index (κ3) is 2.93. The summed E-state index contributed by atoms with van der Waals surface area (Å²) in [7, 11) is 3.04. The van der Waals surface area contributed by atoms with Gasteiger partial charge in [0.2, 0.25) is 5.91 Å². The molecule has 7 nitrogen and oxygen atoms in total. The molecule has 0 radical (unpaired) electrons. The van der Waals surface area contributed by atoms with Crippen LogP contribution in [0.5, 0.6) is 11.5 Å². The monoisotopic (exact) mass is 350 g/mol. The van der Waals surface area contributed by atoms with Gasteiger partial charge in [0.25, 0.3) is 11.1 Å². The number of rotatable bonds is 4. The minimum Gasteiger partial charge on any atom is -0.497 e. The van der Waals surface area contributed by atoms with Crippen LogP contribution in [-0.2, 0) is 4.79 Å². The van der Waals surface area contributed by atoms with Crippen LogP contribution in [-0.4, -0.2) is 66.0 Å². The van der Waals surface area contributed by atoms with E-state index in [2.05, 4.69) is 0 Å². The topological polar surface area (TPSA) is 76.2 Å². The number of benzene rings is 1. The number of carbonyl (C=O) groups excluding carboxylic acids is 3. The summed E-state index contributed by atoms with van der Waals surface area (Å²) < 4.78 is 10.4. The maximum Gasteiger partial charge on any atom is 0.289 e. The molecule has 3 amide bonds. The SMILES string of the molecule is COc1ccc(C(=O)N2CCC(N3C(=O)CSC3=O)C2)c(OC)c1. The first-order valence-electron chi connectivity index (χ1n) is 7.55. The van der Waals surface area contributed by atoms with E-state index in [9.17, 15) is 14.4 Å². The predicted octanol–water partition coefficient (Wildman–Crippen LogP) is 1.61. The number of nitrogens with zero attached hydrogens (tertiary/aromatic N) is 2. The number of thioether (sulfide) groups is 1. The maximum atomic E-state index is 12.8. The van der Waals surface area contributed by atoms with Gasteiger partial charge in [-0.1, -0.05) is 11.8 Å². The lowest BCUT2D eigenvalue weighted by Crippen LogP contribution is -2.41. The van der Waals surface area contributed by atoms with Gasteiger partial charge in [0, 0.05) is 19.2 Å². The highest BCUT2D eigenvalue weighted by atomic mass is 32.2. The first-order chi connectivity index (χ1) is 11.5. The van der Waals surface area contributed by atoms with Gasteiger partial charge in [0.05, 0.1) is 31.6 Å². The average molecular weight is 350 g/mol. The van der Waals surface area contributed by atoms with E-state index >= 15 is 0 Å². The van der Waals surface area contributed by atoms with Crippen LogP contribution in [0.3, 0.4) is 0 Å². The van der Waals surface area contributed by atoms with Crippen molar-refractivity contribution in [2.75, 3.05) is 33.1 Å². The fraction of sp³-hybridized carbons (Fsp3) is 0.438. The van der Waals surface area contributed by atoms with Crippen LogP contribution in [0.2, 0.25) is 0 Å². The molecule has 1 aromatic rings. The van der Waals surface area contributed by atoms with Gasteiger partial charge in [-0.2, -0.15) is 0 Å². The summed E-state index contributed by atoms with van der Waals surface area (Å²) in [4.78, 5) is 39.4. The first-order valence-corrected chi connectivity index (χ1v) is 8.54. The first kappa shape index (κ1) is 16.6. The third-order valence-corrected chi connectivity index (χ3v) is 5.07. The Morgan fingerprint density at radius 1 is 1.25 bits per heavy atom. The van der Waals surface area contributed by atoms with Gasteiger partial charge in [-0.3, -0.25) is 19.3 Å². The minimum atomic E-state index is -0.242. The molecule has 2 aliphatic rings. The van der Waals surface area contributed by atoms with Crippen molar-refractivity contribution in [3.05, 3.63) is 23.8 Å². The number of carbonyl (C=O) groups is 3. The summed E-state index contributed by atoms with van der Waals surface area (Å²) in [6, 6.07) is 4.78. The fourth-order valence-corrected chi connectivity index (χ4v) is 3.78. The van der Waals surface area contributed by atoms with Gasteiger partial charge in [-0.15, -0.1) is 0 Å². The van der Waals surface area contributed by atoms with E-state index in [1.54, 1.807) is 30.2 Å². The molecule has 2 fully saturated rings. The van der Waals surface area contributed by atoms with Crippen LogP contribution in [0.15, 0.2) is 18.2 Å². The van der Waals surface area contributed by atoms with E-state index in [-0.39, 0.29) is 28.8 Å². The van der Waals surface area contributed by atoms with Crippen molar-refractivity contribution < 1.29 is 23.9 Å². The largest absolute Gasteiger partial charge is 0.497 e. The van der Waals surface area contributed by atoms with Crippen molar-refractivity contribution >= 4 is 28.8 Å². The minimum absolute atomic E-state index is 0.175. The van der Waals surface area contributed by atoms with Crippen LogP contribution < -0.4 is 9.47 Å². The van der Waals surface area contributed by atoms with Crippen molar-refractivity contribution in [3.63, 3.8) is 0 Å². The second-order valence-corrected chi connectivity index (χ2v) is 6.50. The molecule has 0 N–H and O–H groups in total. The summed E-state index contributed by atoms with van der Waals surface area (Å²) >= 11 is 1.02. The molecule has 1 unspecified atom stereocenters. The zero-order valence-electron chi connectivity index (χ0n) is 13.5. The Morgan fingerprint density at radius 3 is 2.67 bits per heavy atom. The summed E-state index contributed by atoms with van der Waals surface area (Å²) in [5.41, 5.74) is 0.437. The Bertz CT molecular complexity index is 677. The number of amides is 3. The molecule has 0 spiro atoms. The molecule has 8 heteroatoms. The van der Waals surface area contributed by atoms with Crippen LogP contribution in [0.4, 0.5) is 4.79 Å². The normalized spacial score (nSPS) is 20.7. The van der Waals surface area contributed by atoms with Crippen LogP contribution in [0.25, 0.3) is 0 Å². The van der Waals surface area contributed by atoms with E-state index in [4.69, 9.17) is 9.47 Å². The second kappa shape index (κ2) is 6.72. The highest BCUT2D eigenvalue weighted by Crippen LogP contribution is 2.29. The Labute approximate surface area is 143 Å². The number of likely N-dealkylation sites (tertiary alicyclic amines) is 1. The standard InChI is InChI=1S/C16H18N2O5S/c1-22-11-3-4-12(13(7-11)23-2)15(20)17-6-5-10(8-17)18-14(19)9-24-16(18)21/h3-4,7,10H,5-6,8-9H2,1-2H3. The van der Waals surface area contributed by atoms with Crippen molar-refractivity contribution in [2.24, 2.45) is 0 Å². The molecule has 0 aromatic heterocycles. The van der Waals surface area contributed by atoms with E-state index < -0.39 is 0 Å². The second-order valence-electron chi connectivity index (χ2n) is 5.58. The molecule has 2 heterocycles. The highest BCUT2D eigenvalue weighted by molar-refractivity contribution is 8.14. The number of ether oxygens (including phenoxy) is 2. The summed E-state index contributed by atoms with van der Waals surface area (Å²) in [5.74, 6) is 0.880. The van der Waals surface area contributed by atoms with Gasteiger partial charge in [-0.25, -0.2) is 0 Å². The molecule has 0 bridgehead atoms. The molecule has 2 aliphatic heterocycles. The molecule has 0 saturated carbocycles. The molecule has 1 atom stereocenters. The zero-order valence-corrected chi connectivity index (χ0v) is 14.3. The zero-order chi connectivity index (χ0) is 17.3. The number of imide groups is 1. The quantitative estimate of drug-likeness (QED) is 0.821. The Hall–Kier alpha value is -2.22. The number of hydrogen-bond acceptors (Lipinski definition) is 6. The average Bonchev–Trinajstić information content (AvgIpc) is 3.20. The summed E-state index contributed by atoms with van der Waals surface area (Å²) in [6.45, 7) is 0.854. The van der Waals surface area contributed by atoms with Gasteiger partial charge in [0.1, 0.15) is 11.5 Å². The fourth-order valence-electron chi connectivity index (χ4n) is 3.00. The summed E-state index contributed by atoms with van der Waals surface area (Å²) in [6.07, 6.45) is 0.599. The molecule has 128 valence electrons. The van der Waals surface area contributed by atoms with Crippen molar-refractivity contribution in [2.45, 2.75) is 12.5 Å². The highest BCUT2D eigenvalue weighted by Gasteiger charge is 2.40. The number of hydrogen-bond donors (Lipinski definition) is 0. The van der Waals surface area contributed by atoms with Crippen molar-refractivity contribution in [1.29, 1.82) is 0 Å². The van der Waals surface area contributed by atoms with Crippen molar-refractivity contribution in [3.8, 4) is 11.5 Å². The van der Waals surface area contributed by atoms with Crippen LogP contribution >= 0.6 is 11.8 Å². The van der Waals surface area contributed by atoms with Gasteiger partial charge < -0.3 is 14.4 Å². The Morgan fingerprint density at radius 2 is 2.04 bits per heavy atom. The van der Waals surface area contributed by atoms with E-state index in [0.29, 0.717) is 36.6 Å². The van der Waals surface area contributed by atoms with E-state index in [1.807, 2.05) is 0 Å². The lowest BCUT2D eigenvalue weighted by molar-refractivity contribution is -0.126. The smallest absolute Gasteiger partial charge is 0.289 e.